The second-order valence-electron chi connectivity index (χ2n) is 3.98. The van der Waals surface area contributed by atoms with E-state index in [4.69, 9.17) is 4.74 Å². The van der Waals surface area contributed by atoms with E-state index in [0.717, 1.165) is 12.3 Å². The standard InChI is InChI=1S/C12H19NO/c1-10(2)9-13(3)11-6-5-7-12(8-11)14-4/h5-8,10H,9H2,1-4H3. The number of nitrogens with zero attached hydrogens (tertiary/aromatic N) is 1. The molecule has 1 rings (SSSR count). The van der Waals surface area contributed by atoms with E-state index in [2.05, 4.69) is 37.9 Å². The number of methoxy groups -OCH3 is 1. The highest BCUT2D eigenvalue weighted by atomic mass is 16.5. The van der Waals surface area contributed by atoms with Crippen molar-refractivity contribution in [1.82, 2.24) is 0 Å². The van der Waals surface area contributed by atoms with Crippen LogP contribution < -0.4 is 9.64 Å². The van der Waals surface area contributed by atoms with Crippen LogP contribution in [0.5, 0.6) is 5.75 Å². The number of hydrogen-bond donors (Lipinski definition) is 0. The summed E-state index contributed by atoms with van der Waals surface area (Å²) in [6.07, 6.45) is 0. The highest BCUT2D eigenvalue weighted by molar-refractivity contribution is 5.50. The first kappa shape index (κ1) is 10.9. The van der Waals surface area contributed by atoms with Gasteiger partial charge in [0.05, 0.1) is 7.11 Å². The zero-order valence-electron chi connectivity index (χ0n) is 9.45. The van der Waals surface area contributed by atoms with E-state index in [-0.39, 0.29) is 0 Å². The van der Waals surface area contributed by atoms with E-state index >= 15 is 0 Å². The fourth-order valence-corrected chi connectivity index (χ4v) is 1.50. The fourth-order valence-electron chi connectivity index (χ4n) is 1.50. The zero-order valence-corrected chi connectivity index (χ0v) is 9.45. The van der Waals surface area contributed by atoms with Crippen LogP contribution in [0, 0.1) is 5.92 Å². The molecule has 0 N–H and O–H groups in total. The summed E-state index contributed by atoms with van der Waals surface area (Å²) >= 11 is 0. The first-order chi connectivity index (χ1) is 6.63. The molecule has 14 heavy (non-hydrogen) atoms. The maximum Gasteiger partial charge on any atom is 0.120 e. The van der Waals surface area contributed by atoms with Gasteiger partial charge >= 0.3 is 0 Å². The Morgan fingerprint density at radius 1 is 1.36 bits per heavy atom. The van der Waals surface area contributed by atoms with Gasteiger partial charge in [-0.3, -0.25) is 0 Å². The van der Waals surface area contributed by atoms with Crippen molar-refractivity contribution >= 4 is 5.69 Å². The minimum absolute atomic E-state index is 0.672. The molecule has 2 heteroatoms. The minimum Gasteiger partial charge on any atom is -0.497 e. The first-order valence-corrected chi connectivity index (χ1v) is 4.98. The smallest absolute Gasteiger partial charge is 0.120 e. The number of benzene rings is 1. The largest absolute Gasteiger partial charge is 0.497 e. The molecule has 0 aliphatic carbocycles. The lowest BCUT2D eigenvalue weighted by molar-refractivity contribution is 0.415. The molecule has 0 atom stereocenters. The van der Waals surface area contributed by atoms with Gasteiger partial charge in [0.2, 0.25) is 0 Å². The van der Waals surface area contributed by atoms with Crippen molar-refractivity contribution < 1.29 is 4.74 Å². The predicted octanol–water partition coefficient (Wildman–Crippen LogP) is 2.79. The molecular formula is C12H19NO. The molecule has 0 fully saturated rings. The maximum atomic E-state index is 5.18. The van der Waals surface area contributed by atoms with Gasteiger partial charge in [-0.2, -0.15) is 0 Å². The zero-order chi connectivity index (χ0) is 10.6. The monoisotopic (exact) mass is 193 g/mol. The van der Waals surface area contributed by atoms with Crippen molar-refractivity contribution in [2.45, 2.75) is 13.8 Å². The Balaban J connectivity index is 2.73. The van der Waals surface area contributed by atoms with Gasteiger partial charge in [-0.05, 0) is 18.1 Å². The van der Waals surface area contributed by atoms with Crippen molar-refractivity contribution in [1.29, 1.82) is 0 Å². The van der Waals surface area contributed by atoms with Crippen LogP contribution in [-0.4, -0.2) is 20.7 Å². The third-order valence-electron chi connectivity index (χ3n) is 2.13. The van der Waals surface area contributed by atoms with E-state index in [0.29, 0.717) is 5.92 Å². The van der Waals surface area contributed by atoms with Crippen molar-refractivity contribution in [3.05, 3.63) is 24.3 Å². The molecule has 0 saturated carbocycles. The fraction of sp³-hybridized carbons (Fsp3) is 0.500. The average Bonchev–Trinajstić information content (AvgIpc) is 2.17. The molecule has 0 heterocycles. The molecule has 0 saturated heterocycles. The van der Waals surface area contributed by atoms with Crippen LogP contribution in [0.2, 0.25) is 0 Å². The summed E-state index contributed by atoms with van der Waals surface area (Å²) in [5.74, 6) is 1.59. The van der Waals surface area contributed by atoms with Crippen molar-refractivity contribution in [2.75, 3.05) is 25.6 Å². The van der Waals surface area contributed by atoms with Gasteiger partial charge in [-0.15, -0.1) is 0 Å². The highest BCUT2D eigenvalue weighted by Gasteiger charge is 2.03. The second kappa shape index (κ2) is 4.89. The molecule has 0 aliphatic heterocycles. The lowest BCUT2D eigenvalue weighted by Gasteiger charge is -2.21. The van der Waals surface area contributed by atoms with Crippen LogP contribution in [0.15, 0.2) is 24.3 Å². The summed E-state index contributed by atoms with van der Waals surface area (Å²) in [5, 5.41) is 0. The van der Waals surface area contributed by atoms with Gasteiger partial charge in [0, 0.05) is 25.3 Å². The number of anilines is 1. The summed E-state index contributed by atoms with van der Waals surface area (Å²) in [7, 11) is 3.80. The molecule has 1 aromatic carbocycles. The van der Waals surface area contributed by atoms with Gasteiger partial charge in [0.25, 0.3) is 0 Å². The van der Waals surface area contributed by atoms with E-state index in [9.17, 15) is 0 Å². The molecule has 2 nitrogen and oxygen atoms in total. The summed E-state index contributed by atoms with van der Waals surface area (Å²) in [6.45, 7) is 5.50. The second-order valence-corrected chi connectivity index (χ2v) is 3.98. The summed E-state index contributed by atoms with van der Waals surface area (Å²) in [6, 6.07) is 8.14. The quantitative estimate of drug-likeness (QED) is 0.729. The van der Waals surface area contributed by atoms with Crippen LogP contribution in [-0.2, 0) is 0 Å². The summed E-state index contributed by atoms with van der Waals surface area (Å²) in [5.41, 5.74) is 1.21. The van der Waals surface area contributed by atoms with Crippen LogP contribution in [0.25, 0.3) is 0 Å². The van der Waals surface area contributed by atoms with Crippen molar-refractivity contribution in [3.8, 4) is 5.75 Å². The summed E-state index contributed by atoms with van der Waals surface area (Å²) < 4.78 is 5.18. The van der Waals surface area contributed by atoms with Gasteiger partial charge in [0.1, 0.15) is 5.75 Å². The predicted molar refractivity (Wildman–Crippen MR) is 61.1 cm³/mol. The van der Waals surface area contributed by atoms with Crippen LogP contribution in [0.4, 0.5) is 5.69 Å². The Bertz CT molecular complexity index is 283. The third kappa shape index (κ3) is 2.95. The number of ether oxygens (including phenoxy) is 1. The summed E-state index contributed by atoms with van der Waals surface area (Å²) in [4.78, 5) is 2.24. The molecule has 1 aromatic rings. The Morgan fingerprint density at radius 2 is 2.07 bits per heavy atom. The molecule has 0 amide bonds. The van der Waals surface area contributed by atoms with Crippen LogP contribution in [0.1, 0.15) is 13.8 Å². The first-order valence-electron chi connectivity index (χ1n) is 4.98. The molecule has 0 unspecified atom stereocenters. The topological polar surface area (TPSA) is 12.5 Å². The molecule has 0 aromatic heterocycles. The maximum absolute atomic E-state index is 5.18. The Labute approximate surface area is 86.5 Å². The Kier molecular flexibility index (Phi) is 3.81. The molecule has 0 radical (unpaired) electrons. The van der Waals surface area contributed by atoms with E-state index < -0.39 is 0 Å². The van der Waals surface area contributed by atoms with Crippen LogP contribution >= 0.6 is 0 Å². The molecule has 0 bridgehead atoms. The normalized spacial score (nSPS) is 10.4. The van der Waals surface area contributed by atoms with Gasteiger partial charge in [-0.1, -0.05) is 19.9 Å². The van der Waals surface area contributed by atoms with Gasteiger partial charge in [-0.25, -0.2) is 0 Å². The third-order valence-corrected chi connectivity index (χ3v) is 2.13. The lowest BCUT2D eigenvalue weighted by atomic mass is 10.2. The Morgan fingerprint density at radius 3 is 2.64 bits per heavy atom. The van der Waals surface area contributed by atoms with Gasteiger partial charge in [0.15, 0.2) is 0 Å². The highest BCUT2D eigenvalue weighted by Crippen LogP contribution is 2.20. The SMILES string of the molecule is COc1cccc(N(C)CC(C)C)c1. The molecule has 0 spiro atoms. The van der Waals surface area contributed by atoms with Crippen molar-refractivity contribution in [2.24, 2.45) is 5.92 Å². The van der Waals surface area contributed by atoms with Crippen LogP contribution in [0.3, 0.4) is 0 Å². The van der Waals surface area contributed by atoms with Gasteiger partial charge < -0.3 is 9.64 Å². The molecular weight excluding hydrogens is 174 g/mol. The minimum atomic E-state index is 0.672. The lowest BCUT2D eigenvalue weighted by Crippen LogP contribution is -2.22. The van der Waals surface area contributed by atoms with E-state index in [1.165, 1.54) is 5.69 Å². The van der Waals surface area contributed by atoms with E-state index in [1.807, 2.05) is 12.1 Å². The Hall–Kier alpha value is -1.18. The average molecular weight is 193 g/mol. The van der Waals surface area contributed by atoms with E-state index in [1.54, 1.807) is 7.11 Å². The molecule has 78 valence electrons. The number of rotatable bonds is 4. The number of hydrogen-bond acceptors (Lipinski definition) is 2. The van der Waals surface area contributed by atoms with Crippen molar-refractivity contribution in [3.63, 3.8) is 0 Å². The molecule has 0 aliphatic rings.